The van der Waals surface area contributed by atoms with Crippen molar-refractivity contribution in [2.45, 2.75) is 12.5 Å². The van der Waals surface area contributed by atoms with Crippen LogP contribution >= 0.6 is 0 Å². The highest BCUT2D eigenvalue weighted by atomic mass is 19.1. The second kappa shape index (κ2) is 7.41. The number of carbonyl (C=O) groups excluding carboxylic acids is 1. The first kappa shape index (κ1) is 17.0. The lowest BCUT2D eigenvalue weighted by molar-refractivity contribution is -0.130. The minimum atomic E-state index is -0.308. The minimum absolute atomic E-state index is 0.0324. The Balaban J connectivity index is 1.33. The molecule has 1 amide bonds. The SMILES string of the molecule is O=C(Cc1cccc(F)c1)N1C[C@H]2[C@@H](CNc3ccccn3)CO[C@H]2C1. The Hall–Kier alpha value is -2.47. The largest absolute Gasteiger partial charge is 0.376 e. The van der Waals surface area contributed by atoms with E-state index in [1.165, 1.54) is 12.1 Å². The van der Waals surface area contributed by atoms with Crippen molar-refractivity contribution in [2.75, 3.05) is 31.6 Å². The fourth-order valence-electron chi connectivity index (χ4n) is 3.85. The predicted molar refractivity (Wildman–Crippen MR) is 96.1 cm³/mol. The van der Waals surface area contributed by atoms with Gasteiger partial charge in [-0.1, -0.05) is 18.2 Å². The molecule has 0 aliphatic carbocycles. The number of amides is 1. The molecule has 1 aromatic carbocycles. The first-order chi connectivity index (χ1) is 12.7. The first-order valence-corrected chi connectivity index (χ1v) is 8.98. The van der Waals surface area contributed by atoms with Gasteiger partial charge in [-0.05, 0) is 29.8 Å². The van der Waals surface area contributed by atoms with E-state index in [1.54, 1.807) is 18.3 Å². The molecule has 2 fully saturated rings. The standard InChI is InChI=1S/C20H22FN3O2/c21-16-5-3-4-14(8-16)9-20(25)24-11-17-15(13-26-18(17)12-24)10-23-19-6-1-2-7-22-19/h1-8,15,17-18H,9-13H2,(H,22,23)/t15-,17-,18-/m0/s1. The van der Waals surface area contributed by atoms with E-state index in [4.69, 9.17) is 4.74 Å². The molecular weight excluding hydrogens is 333 g/mol. The molecule has 5 nitrogen and oxygen atoms in total. The summed E-state index contributed by atoms with van der Waals surface area (Å²) < 4.78 is 19.2. The Bertz CT molecular complexity index is 771. The summed E-state index contributed by atoms with van der Waals surface area (Å²) >= 11 is 0. The third kappa shape index (κ3) is 3.70. The third-order valence-corrected chi connectivity index (χ3v) is 5.25. The van der Waals surface area contributed by atoms with Gasteiger partial charge >= 0.3 is 0 Å². The number of pyridine rings is 1. The number of nitrogens with one attached hydrogen (secondary N) is 1. The summed E-state index contributed by atoms with van der Waals surface area (Å²) in [5.74, 6) is 1.27. The molecule has 2 aliphatic rings. The van der Waals surface area contributed by atoms with E-state index in [2.05, 4.69) is 10.3 Å². The molecule has 3 heterocycles. The van der Waals surface area contributed by atoms with Crippen molar-refractivity contribution in [1.82, 2.24) is 9.88 Å². The van der Waals surface area contributed by atoms with Crippen LogP contribution in [0.1, 0.15) is 5.56 Å². The van der Waals surface area contributed by atoms with Crippen molar-refractivity contribution in [3.8, 4) is 0 Å². The second-order valence-electron chi connectivity index (χ2n) is 7.00. The van der Waals surface area contributed by atoms with Gasteiger partial charge < -0.3 is 15.0 Å². The highest BCUT2D eigenvalue weighted by Gasteiger charge is 2.44. The molecule has 26 heavy (non-hydrogen) atoms. The summed E-state index contributed by atoms with van der Waals surface area (Å²) in [4.78, 5) is 18.7. The monoisotopic (exact) mass is 355 g/mol. The van der Waals surface area contributed by atoms with Gasteiger partial charge in [0, 0.05) is 37.7 Å². The molecule has 0 spiro atoms. The summed E-state index contributed by atoms with van der Waals surface area (Å²) in [7, 11) is 0. The van der Waals surface area contributed by atoms with E-state index < -0.39 is 0 Å². The van der Waals surface area contributed by atoms with Crippen LogP contribution in [0.4, 0.5) is 10.2 Å². The van der Waals surface area contributed by atoms with Crippen molar-refractivity contribution in [2.24, 2.45) is 11.8 Å². The quantitative estimate of drug-likeness (QED) is 0.895. The van der Waals surface area contributed by atoms with Crippen molar-refractivity contribution in [1.29, 1.82) is 0 Å². The molecular formula is C20H22FN3O2. The van der Waals surface area contributed by atoms with E-state index in [1.807, 2.05) is 23.1 Å². The summed E-state index contributed by atoms with van der Waals surface area (Å²) in [5.41, 5.74) is 0.710. The number of benzene rings is 1. The van der Waals surface area contributed by atoms with Gasteiger partial charge in [0.2, 0.25) is 5.91 Å². The highest BCUT2D eigenvalue weighted by Crippen LogP contribution is 2.34. The van der Waals surface area contributed by atoms with Crippen LogP contribution in [-0.4, -0.2) is 48.1 Å². The number of nitrogens with zero attached hydrogens (tertiary/aromatic N) is 2. The molecule has 0 saturated carbocycles. The normalized spacial score (nSPS) is 24.5. The van der Waals surface area contributed by atoms with Crippen molar-refractivity contribution >= 4 is 11.7 Å². The molecule has 2 aromatic rings. The van der Waals surface area contributed by atoms with Crippen LogP contribution in [0.3, 0.4) is 0 Å². The fourth-order valence-corrected chi connectivity index (χ4v) is 3.85. The Morgan fingerprint density at radius 2 is 2.19 bits per heavy atom. The van der Waals surface area contributed by atoms with Gasteiger partial charge in [-0.2, -0.15) is 0 Å². The summed E-state index contributed by atoms with van der Waals surface area (Å²) in [5, 5.41) is 3.35. The fraction of sp³-hybridized carbons (Fsp3) is 0.400. The number of ether oxygens (including phenoxy) is 1. The topological polar surface area (TPSA) is 54.5 Å². The van der Waals surface area contributed by atoms with E-state index in [-0.39, 0.29) is 24.2 Å². The lowest BCUT2D eigenvalue weighted by atomic mass is 9.93. The highest BCUT2D eigenvalue weighted by molar-refractivity contribution is 5.79. The van der Waals surface area contributed by atoms with Crippen LogP contribution < -0.4 is 5.32 Å². The number of hydrogen-bond acceptors (Lipinski definition) is 4. The van der Waals surface area contributed by atoms with Gasteiger partial charge in [0.25, 0.3) is 0 Å². The van der Waals surface area contributed by atoms with Crippen LogP contribution in [-0.2, 0) is 16.0 Å². The number of anilines is 1. The predicted octanol–water partition coefficient (Wildman–Crippen LogP) is 2.35. The first-order valence-electron chi connectivity index (χ1n) is 8.98. The number of rotatable bonds is 5. The zero-order chi connectivity index (χ0) is 17.9. The summed E-state index contributed by atoms with van der Waals surface area (Å²) in [6.07, 6.45) is 2.09. The van der Waals surface area contributed by atoms with Crippen molar-refractivity contribution in [3.05, 3.63) is 60.0 Å². The average molecular weight is 355 g/mol. The second-order valence-corrected chi connectivity index (χ2v) is 7.00. The molecule has 2 saturated heterocycles. The van der Waals surface area contributed by atoms with Crippen LogP contribution in [0.2, 0.25) is 0 Å². The maximum atomic E-state index is 13.3. The molecule has 6 heteroatoms. The minimum Gasteiger partial charge on any atom is -0.376 e. The van der Waals surface area contributed by atoms with Gasteiger partial charge in [-0.25, -0.2) is 9.37 Å². The van der Waals surface area contributed by atoms with Gasteiger partial charge in [-0.15, -0.1) is 0 Å². The van der Waals surface area contributed by atoms with E-state index >= 15 is 0 Å². The molecule has 0 unspecified atom stereocenters. The smallest absolute Gasteiger partial charge is 0.227 e. The Kier molecular flexibility index (Phi) is 4.84. The zero-order valence-electron chi connectivity index (χ0n) is 14.5. The number of hydrogen-bond donors (Lipinski definition) is 1. The van der Waals surface area contributed by atoms with Crippen LogP contribution in [0.5, 0.6) is 0 Å². The zero-order valence-corrected chi connectivity index (χ0v) is 14.5. The number of halogens is 1. The molecule has 0 bridgehead atoms. The van der Waals surface area contributed by atoms with Crippen molar-refractivity contribution < 1.29 is 13.9 Å². The molecule has 3 atom stereocenters. The maximum Gasteiger partial charge on any atom is 0.227 e. The molecule has 4 rings (SSSR count). The summed E-state index contributed by atoms with van der Waals surface area (Å²) in [6.45, 7) is 2.82. The maximum absolute atomic E-state index is 13.3. The van der Waals surface area contributed by atoms with E-state index in [0.29, 0.717) is 37.1 Å². The summed E-state index contributed by atoms with van der Waals surface area (Å²) in [6, 6.07) is 12.0. The van der Waals surface area contributed by atoms with E-state index in [9.17, 15) is 9.18 Å². The van der Waals surface area contributed by atoms with Crippen LogP contribution in [0.15, 0.2) is 48.7 Å². The van der Waals surface area contributed by atoms with Crippen LogP contribution in [0.25, 0.3) is 0 Å². The van der Waals surface area contributed by atoms with Gasteiger partial charge in [-0.3, -0.25) is 4.79 Å². The number of aromatic nitrogens is 1. The van der Waals surface area contributed by atoms with Gasteiger partial charge in [0.05, 0.1) is 19.1 Å². The molecule has 136 valence electrons. The molecule has 0 radical (unpaired) electrons. The number of carbonyl (C=O) groups is 1. The lowest BCUT2D eigenvalue weighted by Crippen LogP contribution is -2.33. The van der Waals surface area contributed by atoms with Gasteiger partial charge in [0.15, 0.2) is 0 Å². The van der Waals surface area contributed by atoms with Crippen molar-refractivity contribution in [3.63, 3.8) is 0 Å². The third-order valence-electron chi connectivity index (χ3n) is 5.25. The van der Waals surface area contributed by atoms with Gasteiger partial charge in [0.1, 0.15) is 11.6 Å². The number of fused-ring (bicyclic) bond motifs is 1. The van der Waals surface area contributed by atoms with E-state index in [0.717, 1.165) is 12.4 Å². The molecule has 2 aliphatic heterocycles. The molecule has 1 aromatic heterocycles. The Morgan fingerprint density at radius 3 is 3.00 bits per heavy atom. The molecule has 1 N–H and O–H groups in total. The Morgan fingerprint density at radius 1 is 1.27 bits per heavy atom. The Labute approximate surface area is 152 Å². The number of likely N-dealkylation sites (tertiary alicyclic amines) is 1. The average Bonchev–Trinajstić information content (AvgIpc) is 3.22. The lowest BCUT2D eigenvalue weighted by Gasteiger charge is -2.20. The van der Waals surface area contributed by atoms with Crippen LogP contribution in [0, 0.1) is 17.7 Å².